The number of nitrogens with one attached hydrogen (secondary N) is 1. The molecule has 2 heterocycles. The molecule has 0 aliphatic rings. The summed E-state index contributed by atoms with van der Waals surface area (Å²) in [4.78, 5) is 23.2. The Morgan fingerprint density at radius 2 is 2.06 bits per heavy atom. The number of aromatic nitrogens is 3. The number of aryl methyl sites for hydroxylation is 2. The maximum Gasteiger partial charge on any atom is 0.254 e. The lowest BCUT2D eigenvalue weighted by atomic mass is 10.1. The Labute approximate surface area is 99.8 Å². The standard InChI is InChI=1S/C13H15N3O/c1-4-11-9(3)15-12(16-13(11)17)10-6-5-8(2)14-7-10/h5-7H,4H2,1-3H3,(H,15,16,17). The second-order valence-corrected chi connectivity index (χ2v) is 4.02. The van der Waals surface area contributed by atoms with Gasteiger partial charge >= 0.3 is 0 Å². The van der Waals surface area contributed by atoms with E-state index in [1.807, 2.05) is 32.9 Å². The van der Waals surface area contributed by atoms with Gasteiger partial charge in [-0.1, -0.05) is 6.92 Å². The van der Waals surface area contributed by atoms with Gasteiger partial charge in [0.15, 0.2) is 0 Å². The van der Waals surface area contributed by atoms with E-state index >= 15 is 0 Å². The molecule has 88 valence electrons. The Balaban J connectivity index is 2.54. The first kappa shape index (κ1) is 11.5. The van der Waals surface area contributed by atoms with E-state index in [4.69, 9.17) is 0 Å². The summed E-state index contributed by atoms with van der Waals surface area (Å²) in [5.74, 6) is 0.581. The maximum absolute atomic E-state index is 11.8. The summed E-state index contributed by atoms with van der Waals surface area (Å²) in [6.07, 6.45) is 2.42. The third-order valence-electron chi connectivity index (χ3n) is 2.76. The predicted molar refractivity (Wildman–Crippen MR) is 66.9 cm³/mol. The minimum Gasteiger partial charge on any atom is -0.306 e. The van der Waals surface area contributed by atoms with E-state index in [2.05, 4.69) is 15.0 Å². The lowest BCUT2D eigenvalue weighted by molar-refractivity contribution is 0.966. The molecule has 0 saturated carbocycles. The lowest BCUT2D eigenvalue weighted by Crippen LogP contribution is -2.16. The molecule has 0 spiro atoms. The highest BCUT2D eigenvalue weighted by molar-refractivity contribution is 5.53. The molecule has 0 radical (unpaired) electrons. The number of nitrogens with zero attached hydrogens (tertiary/aromatic N) is 2. The molecule has 4 nitrogen and oxygen atoms in total. The largest absolute Gasteiger partial charge is 0.306 e. The van der Waals surface area contributed by atoms with Crippen molar-refractivity contribution in [2.75, 3.05) is 0 Å². The molecular weight excluding hydrogens is 214 g/mol. The summed E-state index contributed by atoms with van der Waals surface area (Å²) in [6, 6.07) is 3.81. The Hall–Kier alpha value is -1.97. The molecule has 0 aliphatic carbocycles. The van der Waals surface area contributed by atoms with Gasteiger partial charge in [-0.2, -0.15) is 0 Å². The Morgan fingerprint density at radius 1 is 1.29 bits per heavy atom. The molecule has 2 rings (SSSR count). The number of H-pyrrole nitrogens is 1. The number of aromatic amines is 1. The van der Waals surface area contributed by atoms with Crippen LogP contribution in [0.3, 0.4) is 0 Å². The molecule has 0 aliphatic heterocycles. The van der Waals surface area contributed by atoms with Gasteiger partial charge in [-0.3, -0.25) is 9.78 Å². The zero-order valence-corrected chi connectivity index (χ0v) is 10.2. The highest BCUT2D eigenvalue weighted by Gasteiger charge is 2.07. The Kier molecular flexibility index (Phi) is 3.04. The summed E-state index contributed by atoms with van der Waals surface area (Å²) < 4.78 is 0. The first-order chi connectivity index (χ1) is 8.11. The molecule has 4 heteroatoms. The van der Waals surface area contributed by atoms with Gasteiger partial charge in [0, 0.05) is 28.7 Å². The van der Waals surface area contributed by atoms with Crippen LogP contribution in [0.4, 0.5) is 0 Å². The summed E-state index contributed by atoms with van der Waals surface area (Å²) in [6.45, 7) is 5.73. The zero-order chi connectivity index (χ0) is 12.4. The van der Waals surface area contributed by atoms with Crippen molar-refractivity contribution in [1.29, 1.82) is 0 Å². The second-order valence-electron chi connectivity index (χ2n) is 4.02. The normalized spacial score (nSPS) is 10.5. The van der Waals surface area contributed by atoms with Crippen molar-refractivity contribution in [2.45, 2.75) is 27.2 Å². The number of rotatable bonds is 2. The van der Waals surface area contributed by atoms with Gasteiger partial charge in [0.05, 0.1) is 0 Å². The van der Waals surface area contributed by atoms with Crippen molar-refractivity contribution in [3.8, 4) is 11.4 Å². The highest BCUT2D eigenvalue weighted by atomic mass is 16.1. The number of pyridine rings is 1. The van der Waals surface area contributed by atoms with Crippen LogP contribution < -0.4 is 5.56 Å². The average Bonchev–Trinajstić information content (AvgIpc) is 2.29. The first-order valence-corrected chi connectivity index (χ1v) is 5.64. The van der Waals surface area contributed by atoms with Gasteiger partial charge in [0.2, 0.25) is 0 Å². The van der Waals surface area contributed by atoms with E-state index in [9.17, 15) is 4.79 Å². The first-order valence-electron chi connectivity index (χ1n) is 5.64. The summed E-state index contributed by atoms with van der Waals surface area (Å²) >= 11 is 0. The van der Waals surface area contributed by atoms with Crippen LogP contribution in [0.1, 0.15) is 23.9 Å². The second kappa shape index (κ2) is 4.49. The average molecular weight is 229 g/mol. The molecule has 0 atom stereocenters. The van der Waals surface area contributed by atoms with E-state index in [1.54, 1.807) is 6.20 Å². The summed E-state index contributed by atoms with van der Waals surface area (Å²) in [5.41, 5.74) is 3.24. The van der Waals surface area contributed by atoms with E-state index in [1.165, 1.54) is 0 Å². The molecular formula is C13H15N3O. The fraction of sp³-hybridized carbons (Fsp3) is 0.308. The molecule has 0 aromatic carbocycles. The molecule has 2 aromatic rings. The smallest absolute Gasteiger partial charge is 0.254 e. The van der Waals surface area contributed by atoms with Gasteiger partial charge in [-0.05, 0) is 32.4 Å². The van der Waals surface area contributed by atoms with Crippen molar-refractivity contribution in [2.24, 2.45) is 0 Å². The van der Waals surface area contributed by atoms with Gasteiger partial charge in [0.25, 0.3) is 5.56 Å². The molecule has 1 N–H and O–H groups in total. The minimum atomic E-state index is -0.0597. The van der Waals surface area contributed by atoms with E-state index in [0.717, 1.165) is 22.5 Å². The summed E-state index contributed by atoms with van der Waals surface area (Å²) in [7, 11) is 0. The van der Waals surface area contributed by atoms with Crippen molar-refractivity contribution < 1.29 is 0 Å². The molecule has 17 heavy (non-hydrogen) atoms. The molecule has 0 amide bonds. The van der Waals surface area contributed by atoms with Gasteiger partial charge < -0.3 is 4.98 Å². The number of hydrogen-bond donors (Lipinski definition) is 1. The van der Waals surface area contributed by atoms with Crippen LogP contribution in [0, 0.1) is 13.8 Å². The molecule has 0 saturated heterocycles. The molecule has 0 bridgehead atoms. The van der Waals surface area contributed by atoms with Crippen molar-refractivity contribution in [3.05, 3.63) is 45.6 Å². The van der Waals surface area contributed by atoms with E-state index in [-0.39, 0.29) is 5.56 Å². The van der Waals surface area contributed by atoms with E-state index in [0.29, 0.717) is 12.2 Å². The Bertz CT molecular complexity index is 585. The third-order valence-corrected chi connectivity index (χ3v) is 2.76. The van der Waals surface area contributed by atoms with Crippen LogP contribution in [-0.2, 0) is 6.42 Å². The van der Waals surface area contributed by atoms with Crippen LogP contribution >= 0.6 is 0 Å². The van der Waals surface area contributed by atoms with Crippen molar-refractivity contribution in [3.63, 3.8) is 0 Å². The SMILES string of the molecule is CCc1c(C)nc(-c2ccc(C)nc2)[nH]c1=O. The van der Waals surface area contributed by atoms with Gasteiger partial charge in [-0.15, -0.1) is 0 Å². The lowest BCUT2D eigenvalue weighted by Gasteiger charge is -2.05. The molecule has 2 aromatic heterocycles. The fourth-order valence-corrected chi connectivity index (χ4v) is 1.77. The zero-order valence-electron chi connectivity index (χ0n) is 10.2. The van der Waals surface area contributed by atoms with Crippen LogP contribution in [0.2, 0.25) is 0 Å². The minimum absolute atomic E-state index is 0.0597. The van der Waals surface area contributed by atoms with Crippen LogP contribution in [0.25, 0.3) is 11.4 Å². The van der Waals surface area contributed by atoms with Crippen molar-refractivity contribution >= 4 is 0 Å². The van der Waals surface area contributed by atoms with Crippen molar-refractivity contribution in [1.82, 2.24) is 15.0 Å². The fourth-order valence-electron chi connectivity index (χ4n) is 1.77. The highest BCUT2D eigenvalue weighted by Crippen LogP contribution is 2.13. The van der Waals surface area contributed by atoms with Crippen LogP contribution in [-0.4, -0.2) is 15.0 Å². The number of hydrogen-bond acceptors (Lipinski definition) is 3. The Morgan fingerprint density at radius 3 is 2.59 bits per heavy atom. The topological polar surface area (TPSA) is 58.6 Å². The van der Waals surface area contributed by atoms with E-state index < -0.39 is 0 Å². The predicted octanol–water partition coefficient (Wildman–Crippen LogP) is 2.01. The third kappa shape index (κ3) is 2.25. The molecule has 0 unspecified atom stereocenters. The van der Waals surface area contributed by atoms with Gasteiger partial charge in [-0.25, -0.2) is 4.98 Å². The quantitative estimate of drug-likeness (QED) is 0.857. The monoisotopic (exact) mass is 229 g/mol. The van der Waals surface area contributed by atoms with Gasteiger partial charge in [0.1, 0.15) is 5.82 Å². The van der Waals surface area contributed by atoms with Crippen LogP contribution in [0.15, 0.2) is 23.1 Å². The maximum atomic E-state index is 11.8. The summed E-state index contributed by atoms with van der Waals surface area (Å²) in [5, 5.41) is 0. The molecule has 0 fully saturated rings. The van der Waals surface area contributed by atoms with Crippen LogP contribution in [0.5, 0.6) is 0 Å².